The van der Waals surface area contributed by atoms with Crippen molar-refractivity contribution in [1.29, 1.82) is 0 Å². The summed E-state index contributed by atoms with van der Waals surface area (Å²) in [7, 11) is -5.15. The van der Waals surface area contributed by atoms with Crippen LogP contribution in [0.15, 0.2) is 60.8 Å². The van der Waals surface area contributed by atoms with Crippen molar-refractivity contribution >= 4 is 13.7 Å². The fraction of sp³-hybridized carbons (Fsp3) is 0.694. The van der Waals surface area contributed by atoms with Crippen molar-refractivity contribution in [1.82, 2.24) is 5.32 Å². The summed E-state index contributed by atoms with van der Waals surface area (Å²) in [5, 5.41) is 73.5. The lowest BCUT2D eigenvalue weighted by molar-refractivity contribution is -0.220. The number of unbranched alkanes of at least 4 members (excludes halogenated alkanes) is 8. The second-order valence-electron chi connectivity index (χ2n) is 12.5. The SMILES string of the molecule is C/C=C/CC/C=C/CC/C=C/C(O)C(COP(=O)(O)OC1C(O)C(O)C(O)C(O)C1O)NC(=O)CC(O)/C=C\C/C=C\CCCCCCCC. The second kappa shape index (κ2) is 26.7. The first kappa shape index (κ1) is 46.0. The van der Waals surface area contributed by atoms with Gasteiger partial charge in [0, 0.05) is 0 Å². The van der Waals surface area contributed by atoms with Gasteiger partial charge < -0.3 is 46.0 Å². The molecule has 1 aliphatic rings. The van der Waals surface area contributed by atoms with E-state index < -0.39 is 75.2 Å². The van der Waals surface area contributed by atoms with Crippen LogP contribution < -0.4 is 5.32 Å². The van der Waals surface area contributed by atoms with Gasteiger partial charge in [-0.1, -0.05) is 99.8 Å². The van der Waals surface area contributed by atoms with E-state index in [0.717, 1.165) is 25.7 Å². The Labute approximate surface area is 297 Å². The van der Waals surface area contributed by atoms with E-state index in [1.807, 2.05) is 31.2 Å². The highest BCUT2D eigenvalue weighted by Gasteiger charge is 2.51. The highest BCUT2D eigenvalue weighted by atomic mass is 31.2. The van der Waals surface area contributed by atoms with Gasteiger partial charge in [0.25, 0.3) is 0 Å². The Hall–Kier alpha value is -2.00. The molecule has 14 heteroatoms. The predicted octanol–water partition coefficient (Wildman–Crippen LogP) is 3.41. The molecule has 1 rings (SSSR count). The quantitative estimate of drug-likeness (QED) is 0.0355. The van der Waals surface area contributed by atoms with Gasteiger partial charge in [-0.15, -0.1) is 0 Å². The van der Waals surface area contributed by atoms with Crippen LogP contribution in [0.1, 0.15) is 97.3 Å². The third kappa shape index (κ3) is 19.6. The van der Waals surface area contributed by atoms with Crippen LogP contribution in [-0.2, 0) is 18.4 Å². The Morgan fingerprint density at radius 1 is 0.740 bits per heavy atom. The molecule has 9 N–H and O–H groups in total. The van der Waals surface area contributed by atoms with Crippen LogP contribution in [0.5, 0.6) is 0 Å². The lowest BCUT2D eigenvalue weighted by Crippen LogP contribution is -2.64. The first-order valence-corrected chi connectivity index (χ1v) is 19.3. The van der Waals surface area contributed by atoms with Gasteiger partial charge in [-0.25, -0.2) is 4.57 Å². The van der Waals surface area contributed by atoms with Gasteiger partial charge in [-0.2, -0.15) is 0 Å². The van der Waals surface area contributed by atoms with Crippen LogP contribution in [0.2, 0.25) is 0 Å². The largest absolute Gasteiger partial charge is 0.472 e. The summed E-state index contributed by atoms with van der Waals surface area (Å²) in [5.74, 6) is -0.682. The molecule has 0 aromatic rings. The van der Waals surface area contributed by atoms with Crippen LogP contribution in [0.4, 0.5) is 0 Å². The summed E-state index contributed by atoms with van der Waals surface area (Å²) in [6.07, 6.45) is 15.5. The van der Waals surface area contributed by atoms with E-state index in [0.29, 0.717) is 19.3 Å². The maximum absolute atomic E-state index is 12.8. The Balaban J connectivity index is 2.77. The molecule has 13 nitrogen and oxygen atoms in total. The number of rotatable bonds is 26. The molecule has 1 aliphatic carbocycles. The zero-order chi connectivity index (χ0) is 37.4. The first-order valence-electron chi connectivity index (χ1n) is 17.8. The van der Waals surface area contributed by atoms with E-state index >= 15 is 0 Å². The summed E-state index contributed by atoms with van der Waals surface area (Å²) in [5.41, 5.74) is 0. The summed E-state index contributed by atoms with van der Waals surface area (Å²) >= 11 is 0. The number of hydrogen-bond acceptors (Lipinski definition) is 11. The molecule has 8 unspecified atom stereocenters. The Bertz CT molecular complexity index is 1100. The summed E-state index contributed by atoms with van der Waals surface area (Å²) in [6.45, 7) is 3.37. The number of nitrogens with one attached hydrogen (secondary N) is 1. The molecule has 288 valence electrons. The van der Waals surface area contributed by atoms with E-state index in [4.69, 9.17) is 9.05 Å². The molecule has 0 radical (unpaired) electrons. The van der Waals surface area contributed by atoms with Gasteiger partial charge in [0.05, 0.1) is 31.3 Å². The second-order valence-corrected chi connectivity index (χ2v) is 13.9. The summed E-state index contributed by atoms with van der Waals surface area (Å²) in [6, 6.07) is -1.29. The van der Waals surface area contributed by atoms with Crippen molar-refractivity contribution in [3.8, 4) is 0 Å². The third-order valence-corrected chi connectivity index (χ3v) is 9.14. The Kier molecular flexibility index (Phi) is 24.6. The number of phosphoric ester groups is 1. The monoisotopic (exact) mass is 731 g/mol. The molecular formula is C36H62NO12P. The zero-order valence-electron chi connectivity index (χ0n) is 29.5. The number of aliphatic hydroxyl groups is 7. The third-order valence-electron chi connectivity index (χ3n) is 8.16. The molecule has 0 bridgehead atoms. The highest BCUT2D eigenvalue weighted by molar-refractivity contribution is 7.47. The number of carbonyl (C=O) groups excluding carboxylic acids is 1. The lowest BCUT2D eigenvalue weighted by Gasteiger charge is -2.41. The van der Waals surface area contributed by atoms with Crippen molar-refractivity contribution < 1.29 is 59.0 Å². The van der Waals surface area contributed by atoms with Gasteiger partial charge in [0.2, 0.25) is 5.91 Å². The summed E-state index contributed by atoms with van der Waals surface area (Å²) < 4.78 is 22.6. The smallest absolute Gasteiger partial charge is 0.389 e. The van der Waals surface area contributed by atoms with Crippen molar-refractivity contribution in [2.75, 3.05) is 6.61 Å². The number of carbonyl (C=O) groups is 1. The van der Waals surface area contributed by atoms with Crippen LogP contribution in [0.3, 0.4) is 0 Å². The van der Waals surface area contributed by atoms with E-state index in [1.54, 1.807) is 12.2 Å². The van der Waals surface area contributed by atoms with E-state index in [-0.39, 0.29) is 6.42 Å². The first-order chi connectivity index (χ1) is 23.8. The van der Waals surface area contributed by atoms with Gasteiger partial charge >= 0.3 is 7.82 Å². The van der Waals surface area contributed by atoms with E-state index in [1.165, 1.54) is 44.3 Å². The van der Waals surface area contributed by atoms with Crippen LogP contribution in [-0.4, -0.2) is 108 Å². The normalized spacial score (nSPS) is 26.4. The van der Waals surface area contributed by atoms with Crippen LogP contribution >= 0.6 is 7.82 Å². The topological polar surface area (TPSA) is 226 Å². The number of aliphatic hydroxyl groups excluding tert-OH is 7. The Morgan fingerprint density at radius 3 is 1.94 bits per heavy atom. The molecule has 1 fully saturated rings. The molecule has 0 spiro atoms. The van der Waals surface area contributed by atoms with Crippen molar-refractivity contribution in [2.24, 2.45) is 0 Å². The lowest BCUT2D eigenvalue weighted by atomic mass is 9.85. The minimum absolute atomic E-state index is 0.366. The van der Waals surface area contributed by atoms with E-state index in [2.05, 4.69) is 24.4 Å². The van der Waals surface area contributed by atoms with Crippen molar-refractivity contribution in [2.45, 2.75) is 152 Å². The molecule has 8 atom stereocenters. The van der Waals surface area contributed by atoms with Gasteiger partial charge in [-0.05, 0) is 51.9 Å². The average Bonchev–Trinajstić information content (AvgIpc) is 3.08. The van der Waals surface area contributed by atoms with Crippen LogP contribution in [0, 0.1) is 0 Å². The summed E-state index contributed by atoms with van der Waals surface area (Å²) in [4.78, 5) is 23.1. The Morgan fingerprint density at radius 2 is 1.30 bits per heavy atom. The fourth-order valence-corrected chi connectivity index (χ4v) is 6.12. The fourth-order valence-electron chi connectivity index (χ4n) is 5.16. The molecule has 0 saturated heterocycles. The number of phosphoric acid groups is 1. The van der Waals surface area contributed by atoms with Gasteiger partial charge in [-0.3, -0.25) is 13.8 Å². The highest BCUT2D eigenvalue weighted by Crippen LogP contribution is 2.47. The van der Waals surface area contributed by atoms with Gasteiger partial charge in [0.1, 0.15) is 36.6 Å². The maximum Gasteiger partial charge on any atom is 0.472 e. The van der Waals surface area contributed by atoms with E-state index in [9.17, 15) is 50.0 Å². The molecule has 1 amide bonds. The maximum atomic E-state index is 12.8. The number of amides is 1. The predicted molar refractivity (Wildman–Crippen MR) is 192 cm³/mol. The van der Waals surface area contributed by atoms with Crippen molar-refractivity contribution in [3.05, 3.63) is 60.8 Å². The molecular weight excluding hydrogens is 669 g/mol. The number of hydrogen-bond donors (Lipinski definition) is 9. The number of allylic oxidation sites excluding steroid dienone is 8. The molecule has 0 aliphatic heterocycles. The van der Waals surface area contributed by atoms with Crippen LogP contribution in [0.25, 0.3) is 0 Å². The zero-order valence-corrected chi connectivity index (χ0v) is 30.4. The average molecular weight is 732 g/mol. The van der Waals surface area contributed by atoms with Gasteiger partial charge in [0.15, 0.2) is 0 Å². The molecule has 0 aromatic heterocycles. The molecule has 50 heavy (non-hydrogen) atoms. The van der Waals surface area contributed by atoms with Crippen molar-refractivity contribution in [3.63, 3.8) is 0 Å². The molecule has 0 heterocycles. The minimum atomic E-state index is -5.15. The molecule has 1 saturated carbocycles. The minimum Gasteiger partial charge on any atom is -0.389 e. The molecule has 0 aromatic carbocycles. The standard InChI is InChI=1S/C36H62NO12P/c1-3-5-7-9-11-13-14-16-17-19-21-23-27(38)25-30(40)37-28(29(39)24-22-20-18-15-12-10-8-6-4-2)26-48-50(46,47)49-36-34(44)32(42)31(41)33(43)35(36)45/h4,6,12,15-17,21-24,27-29,31-36,38-39,41-45H,3,5,7-11,13-14,18-20,25-26H2,1-2H3,(H,37,40)(H,46,47)/b6-4+,15-12+,17-16-,23-21-,24-22+.